The van der Waals surface area contributed by atoms with Crippen LogP contribution in [0.3, 0.4) is 0 Å². The molecule has 0 unspecified atom stereocenters. The minimum absolute atomic E-state index is 0.0154. The van der Waals surface area contributed by atoms with Gasteiger partial charge in [-0.2, -0.15) is 0 Å². The van der Waals surface area contributed by atoms with Gasteiger partial charge in [-0.1, -0.05) is 18.2 Å². The monoisotopic (exact) mass is 371 g/mol. The van der Waals surface area contributed by atoms with E-state index in [-0.39, 0.29) is 18.7 Å². The van der Waals surface area contributed by atoms with Crippen molar-refractivity contribution in [2.45, 2.75) is 13.0 Å². The smallest absolute Gasteiger partial charge is 0.335 e. The standard InChI is InChI=1S/C19H15F2N3O3/c20-13-5-7-14(8-6-13)24-18(26)15(17(22)25)11-23(19(24)27)10-9-12-3-1-2-4-16(12)21/h1-8,11H,9-10H2,(H2,22,25). The van der Waals surface area contributed by atoms with Gasteiger partial charge in [0.25, 0.3) is 11.5 Å². The maximum Gasteiger partial charge on any atom is 0.335 e. The number of aryl methyl sites for hydroxylation is 2. The maximum absolute atomic E-state index is 13.8. The van der Waals surface area contributed by atoms with Crippen molar-refractivity contribution >= 4 is 5.91 Å². The van der Waals surface area contributed by atoms with Crippen LogP contribution in [0.4, 0.5) is 8.78 Å². The highest BCUT2D eigenvalue weighted by atomic mass is 19.1. The summed E-state index contributed by atoms with van der Waals surface area (Å²) in [5.74, 6) is -1.97. The first kappa shape index (κ1) is 18.2. The van der Waals surface area contributed by atoms with E-state index in [4.69, 9.17) is 5.73 Å². The number of carbonyl (C=O) groups is 1. The summed E-state index contributed by atoms with van der Waals surface area (Å²) in [6.07, 6.45) is 1.22. The van der Waals surface area contributed by atoms with Crippen molar-refractivity contribution in [2.24, 2.45) is 5.73 Å². The minimum Gasteiger partial charge on any atom is -0.365 e. The number of halogens is 2. The Labute approximate surface area is 152 Å². The Morgan fingerprint density at radius 2 is 1.67 bits per heavy atom. The molecule has 8 heteroatoms. The van der Waals surface area contributed by atoms with Gasteiger partial charge in [0.2, 0.25) is 0 Å². The Kier molecular flexibility index (Phi) is 4.98. The topological polar surface area (TPSA) is 87.1 Å². The summed E-state index contributed by atoms with van der Waals surface area (Å²) in [4.78, 5) is 36.9. The lowest BCUT2D eigenvalue weighted by atomic mass is 10.1. The zero-order valence-corrected chi connectivity index (χ0v) is 14.1. The minimum atomic E-state index is -1.00. The van der Waals surface area contributed by atoms with Gasteiger partial charge in [-0.25, -0.2) is 18.1 Å². The third-order valence-electron chi connectivity index (χ3n) is 4.09. The van der Waals surface area contributed by atoms with Crippen LogP contribution in [0.5, 0.6) is 0 Å². The molecule has 1 amide bonds. The largest absolute Gasteiger partial charge is 0.365 e. The molecule has 3 rings (SSSR count). The summed E-state index contributed by atoms with van der Waals surface area (Å²) in [6, 6.07) is 10.7. The summed E-state index contributed by atoms with van der Waals surface area (Å²) in [6.45, 7) is 0.0154. The second-order valence-corrected chi connectivity index (χ2v) is 5.84. The molecule has 0 saturated heterocycles. The molecule has 0 radical (unpaired) electrons. The van der Waals surface area contributed by atoms with Crippen LogP contribution in [0.1, 0.15) is 15.9 Å². The van der Waals surface area contributed by atoms with E-state index < -0.39 is 34.4 Å². The predicted molar refractivity (Wildman–Crippen MR) is 94.9 cm³/mol. The number of benzene rings is 2. The fourth-order valence-electron chi connectivity index (χ4n) is 2.69. The average Bonchev–Trinajstić information content (AvgIpc) is 2.63. The van der Waals surface area contributed by atoms with E-state index in [0.29, 0.717) is 5.56 Å². The van der Waals surface area contributed by atoms with Gasteiger partial charge in [0.1, 0.15) is 17.2 Å². The first-order valence-corrected chi connectivity index (χ1v) is 8.04. The third kappa shape index (κ3) is 3.69. The number of primary amides is 1. The molecule has 0 aliphatic heterocycles. The number of amides is 1. The number of aromatic nitrogens is 2. The highest BCUT2D eigenvalue weighted by molar-refractivity contribution is 5.92. The molecule has 138 valence electrons. The summed E-state index contributed by atoms with van der Waals surface area (Å²) in [5.41, 5.74) is 3.68. The SMILES string of the molecule is NC(=O)c1cn(CCc2ccccc2F)c(=O)n(-c2ccc(F)cc2)c1=O. The van der Waals surface area contributed by atoms with E-state index in [2.05, 4.69) is 0 Å². The maximum atomic E-state index is 13.8. The fraction of sp³-hybridized carbons (Fsp3) is 0.105. The van der Waals surface area contributed by atoms with Crippen LogP contribution in [0.25, 0.3) is 5.69 Å². The number of hydrogen-bond donors (Lipinski definition) is 1. The molecule has 6 nitrogen and oxygen atoms in total. The normalized spacial score (nSPS) is 10.7. The van der Waals surface area contributed by atoms with Gasteiger partial charge in [0.15, 0.2) is 0 Å². The van der Waals surface area contributed by atoms with Crippen molar-refractivity contribution in [3.63, 3.8) is 0 Å². The Morgan fingerprint density at radius 1 is 1.00 bits per heavy atom. The molecule has 2 N–H and O–H groups in total. The lowest BCUT2D eigenvalue weighted by Crippen LogP contribution is -2.42. The van der Waals surface area contributed by atoms with E-state index in [1.807, 2.05) is 0 Å². The molecule has 0 aliphatic rings. The van der Waals surface area contributed by atoms with E-state index in [9.17, 15) is 23.2 Å². The third-order valence-corrected chi connectivity index (χ3v) is 4.09. The number of rotatable bonds is 5. The van der Waals surface area contributed by atoms with Crippen molar-refractivity contribution < 1.29 is 13.6 Å². The van der Waals surface area contributed by atoms with Gasteiger partial charge in [0, 0.05) is 12.7 Å². The number of carbonyl (C=O) groups excluding carboxylic acids is 1. The van der Waals surface area contributed by atoms with Crippen molar-refractivity contribution in [3.8, 4) is 5.69 Å². The zero-order valence-electron chi connectivity index (χ0n) is 14.1. The Morgan fingerprint density at radius 3 is 2.30 bits per heavy atom. The number of hydrogen-bond acceptors (Lipinski definition) is 3. The van der Waals surface area contributed by atoms with Gasteiger partial charge >= 0.3 is 5.69 Å². The van der Waals surface area contributed by atoms with Gasteiger partial charge in [-0.3, -0.25) is 14.2 Å². The fourth-order valence-corrected chi connectivity index (χ4v) is 2.69. The van der Waals surface area contributed by atoms with Crippen LogP contribution in [0.2, 0.25) is 0 Å². The van der Waals surface area contributed by atoms with E-state index >= 15 is 0 Å². The zero-order chi connectivity index (χ0) is 19.6. The second-order valence-electron chi connectivity index (χ2n) is 5.84. The molecule has 0 atom stereocenters. The molecule has 3 aromatic rings. The highest BCUT2D eigenvalue weighted by Crippen LogP contribution is 2.09. The Balaban J connectivity index is 2.10. The lowest BCUT2D eigenvalue weighted by molar-refractivity contribution is 0.0997. The first-order valence-electron chi connectivity index (χ1n) is 8.04. The van der Waals surface area contributed by atoms with Crippen LogP contribution in [-0.2, 0) is 13.0 Å². The molecule has 0 spiro atoms. The van der Waals surface area contributed by atoms with Gasteiger partial charge in [0.05, 0.1) is 5.69 Å². The molecule has 0 fully saturated rings. The summed E-state index contributed by atoms with van der Waals surface area (Å²) < 4.78 is 28.8. The summed E-state index contributed by atoms with van der Waals surface area (Å²) in [7, 11) is 0. The predicted octanol–water partition coefficient (Wildman–Crippen LogP) is 1.62. The van der Waals surface area contributed by atoms with Crippen molar-refractivity contribution in [3.05, 3.63) is 98.3 Å². The second kappa shape index (κ2) is 7.36. The quantitative estimate of drug-likeness (QED) is 0.739. The molecular formula is C19H15F2N3O3. The van der Waals surface area contributed by atoms with Gasteiger partial charge < -0.3 is 5.73 Å². The van der Waals surface area contributed by atoms with Crippen molar-refractivity contribution in [1.29, 1.82) is 0 Å². The summed E-state index contributed by atoms with van der Waals surface area (Å²) in [5, 5.41) is 0. The van der Waals surface area contributed by atoms with E-state index in [0.717, 1.165) is 27.5 Å². The van der Waals surface area contributed by atoms with Crippen LogP contribution in [-0.4, -0.2) is 15.0 Å². The van der Waals surface area contributed by atoms with E-state index in [1.54, 1.807) is 18.2 Å². The van der Waals surface area contributed by atoms with Crippen LogP contribution < -0.4 is 17.0 Å². The van der Waals surface area contributed by atoms with E-state index in [1.165, 1.54) is 18.2 Å². The Bertz CT molecular complexity index is 1120. The van der Waals surface area contributed by atoms with Gasteiger partial charge in [-0.15, -0.1) is 0 Å². The molecule has 2 aromatic carbocycles. The average molecular weight is 371 g/mol. The molecule has 1 heterocycles. The molecule has 0 bridgehead atoms. The molecular weight excluding hydrogens is 356 g/mol. The number of nitrogens with zero attached hydrogens (tertiary/aromatic N) is 2. The Hall–Kier alpha value is -3.55. The molecule has 1 aromatic heterocycles. The van der Waals surface area contributed by atoms with Gasteiger partial charge in [-0.05, 0) is 42.3 Å². The highest BCUT2D eigenvalue weighted by Gasteiger charge is 2.17. The molecule has 0 saturated carbocycles. The summed E-state index contributed by atoms with van der Waals surface area (Å²) >= 11 is 0. The number of nitrogens with two attached hydrogens (primary N) is 1. The lowest BCUT2D eigenvalue weighted by Gasteiger charge is -2.12. The van der Waals surface area contributed by atoms with Crippen LogP contribution in [0, 0.1) is 11.6 Å². The molecule has 27 heavy (non-hydrogen) atoms. The molecule has 0 aliphatic carbocycles. The van der Waals surface area contributed by atoms with Crippen molar-refractivity contribution in [1.82, 2.24) is 9.13 Å². The van der Waals surface area contributed by atoms with Crippen LogP contribution >= 0.6 is 0 Å². The first-order chi connectivity index (χ1) is 12.9. The van der Waals surface area contributed by atoms with Crippen molar-refractivity contribution in [2.75, 3.05) is 0 Å². The van der Waals surface area contributed by atoms with Crippen LogP contribution in [0.15, 0.2) is 64.3 Å².